The summed E-state index contributed by atoms with van der Waals surface area (Å²) in [5.41, 5.74) is -0.0915. The van der Waals surface area contributed by atoms with Crippen molar-refractivity contribution >= 4 is 5.97 Å². The van der Waals surface area contributed by atoms with Crippen LogP contribution in [0.4, 0.5) is 0 Å². The second-order valence-electron chi connectivity index (χ2n) is 6.58. The fraction of sp³-hybridized carbons (Fsp3) is 0.667. The quantitative estimate of drug-likeness (QED) is 0.626. The summed E-state index contributed by atoms with van der Waals surface area (Å²) < 4.78 is 16.6. The van der Waals surface area contributed by atoms with E-state index in [1.807, 2.05) is 13.0 Å². The smallest absolute Gasteiger partial charge is 0.339 e. The summed E-state index contributed by atoms with van der Waals surface area (Å²) in [6.45, 7) is 4.10. The minimum absolute atomic E-state index is 0.128. The Kier molecular flexibility index (Phi) is 2.27. The molecule has 0 amide bonds. The van der Waals surface area contributed by atoms with Crippen LogP contribution >= 0.6 is 0 Å². The number of aliphatic hydroxyl groups excluding tert-OH is 1. The summed E-state index contributed by atoms with van der Waals surface area (Å²) in [5.74, 6) is -0.166. The number of epoxide rings is 1. The number of furan rings is 1. The maximum atomic E-state index is 12.1. The van der Waals surface area contributed by atoms with E-state index in [-0.39, 0.29) is 11.9 Å². The maximum Gasteiger partial charge on any atom is 0.339 e. The highest BCUT2D eigenvalue weighted by Crippen LogP contribution is 2.68. The van der Waals surface area contributed by atoms with Crippen LogP contribution in [0, 0.1) is 11.3 Å². The Morgan fingerprint density at radius 2 is 2.20 bits per heavy atom. The molecule has 3 fully saturated rings. The molecule has 0 bridgehead atoms. The molecule has 0 aromatic carbocycles. The summed E-state index contributed by atoms with van der Waals surface area (Å²) in [5, 5.41) is 10.2. The number of cyclic esters (lactones) is 1. The minimum Gasteiger partial charge on any atom is -0.472 e. The first-order chi connectivity index (χ1) is 9.49. The van der Waals surface area contributed by atoms with Crippen molar-refractivity contribution in [1.82, 2.24) is 0 Å². The number of esters is 1. The summed E-state index contributed by atoms with van der Waals surface area (Å²) >= 11 is 0. The third-order valence-corrected chi connectivity index (χ3v) is 5.43. The standard InChI is InChI=1S/C15H18O5/c1-8-5-10(16)6-14(2)11(9-3-4-18-7-9)19-13(17)12-15(8,14)20-12/h3-4,7-8,10-12,16H,5-6H2,1-2H3/t8-,10-,11+,12-,14+,15-/m1/s1. The summed E-state index contributed by atoms with van der Waals surface area (Å²) in [7, 11) is 0. The first-order valence-corrected chi connectivity index (χ1v) is 7.07. The average Bonchev–Trinajstić information content (AvgIpc) is 2.94. The molecule has 5 nitrogen and oxygen atoms in total. The largest absolute Gasteiger partial charge is 0.472 e. The number of ether oxygens (including phenoxy) is 2. The van der Waals surface area contributed by atoms with E-state index >= 15 is 0 Å². The molecule has 2 saturated heterocycles. The monoisotopic (exact) mass is 278 g/mol. The van der Waals surface area contributed by atoms with Crippen molar-refractivity contribution in [1.29, 1.82) is 0 Å². The van der Waals surface area contributed by atoms with Crippen LogP contribution in [0.15, 0.2) is 23.0 Å². The van der Waals surface area contributed by atoms with Gasteiger partial charge in [0, 0.05) is 11.0 Å². The van der Waals surface area contributed by atoms with Crippen LogP contribution in [-0.2, 0) is 14.3 Å². The van der Waals surface area contributed by atoms with Crippen LogP contribution in [0.25, 0.3) is 0 Å². The lowest BCUT2D eigenvalue weighted by atomic mass is 9.56. The predicted molar refractivity (Wildman–Crippen MR) is 67.7 cm³/mol. The summed E-state index contributed by atoms with van der Waals surface area (Å²) in [4.78, 5) is 12.1. The van der Waals surface area contributed by atoms with Gasteiger partial charge in [0.15, 0.2) is 6.10 Å². The van der Waals surface area contributed by atoms with Gasteiger partial charge in [-0.25, -0.2) is 4.79 Å². The molecule has 1 saturated carbocycles. The van der Waals surface area contributed by atoms with Crippen molar-refractivity contribution in [3.8, 4) is 0 Å². The van der Waals surface area contributed by atoms with Crippen LogP contribution < -0.4 is 0 Å². The zero-order valence-corrected chi connectivity index (χ0v) is 11.5. The van der Waals surface area contributed by atoms with E-state index in [2.05, 4.69) is 6.92 Å². The molecule has 2 aliphatic heterocycles. The van der Waals surface area contributed by atoms with E-state index in [1.165, 1.54) is 0 Å². The van der Waals surface area contributed by atoms with Gasteiger partial charge in [-0.3, -0.25) is 0 Å². The highest BCUT2D eigenvalue weighted by molar-refractivity contribution is 5.82. The van der Waals surface area contributed by atoms with Crippen molar-refractivity contribution < 1.29 is 23.8 Å². The molecule has 0 unspecified atom stereocenters. The molecular formula is C15H18O5. The van der Waals surface area contributed by atoms with E-state index in [0.717, 1.165) is 5.56 Å². The Balaban J connectivity index is 1.83. The molecule has 3 aliphatic rings. The third kappa shape index (κ3) is 1.27. The van der Waals surface area contributed by atoms with Crippen LogP contribution in [0.3, 0.4) is 0 Å². The highest BCUT2D eigenvalue weighted by Gasteiger charge is 2.79. The summed E-state index contributed by atoms with van der Waals surface area (Å²) in [6, 6.07) is 1.81. The number of hydrogen-bond acceptors (Lipinski definition) is 5. The van der Waals surface area contributed by atoms with Gasteiger partial charge in [-0.2, -0.15) is 0 Å². The van der Waals surface area contributed by atoms with E-state index in [9.17, 15) is 9.90 Å². The molecule has 20 heavy (non-hydrogen) atoms. The van der Waals surface area contributed by atoms with Gasteiger partial charge in [0.2, 0.25) is 0 Å². The zero-order valence-electron chi connectivity index (χ0n) is 11.5. The third-order valence-electron chi connectivity index (χ3n) is 5.43. The van der Waals surface area contributed by atoms with Gasteiger partial charge < -0.3 is 19.0 Å². The van der Waals surface area contributed by atoms with E-state index < -0.39 is 29.3 Å². The van der Waals surface area contributed by atoms with Crippen molar-refractivity contribution in [3.63, 3.8) is 0 Å². The lowest BCUT2D eigenvalue weighted by Gasteiger charge is -2.50. The molecule has 1 spiro atoms. The molecule has 1 aromatic heterocycles. The van der Waals surface area contributed by atoms with Crippen molar-refractivity contribution in [2.45, 2.75) is 50.6 Å². The summed E-state index contributed by atoms with van der Waals surface area (Å²) in [6.07, 6.45) is 3.11. The van der Waals surface area contributed by atoms with Crippen LogP contribution in [-0.4, -0.2) is 28.9 Å². The van der Waals surface area contributed by atoms with Crippen LogP contribution in [0.1, 0.15) is 38.4 Å². The average molecular weight is 278 g/mol. The van der Waals surface area contributed by atoms with Crippen molar-refractivity contribution in [2.24, 2.45) is 11.3 Å². The fourth-order valence-corrected chi connectivity index (χ4v) is 4.55. The second-order valence-corrected chi connectivity index (χ2v) is 6.58. The zero-order chi connectivity index (χ0) is 14.1. The predicted octanol–water partition coefficient (Wildman–Crippen LogP) is 1.81. The highest BCUT2D eigenvalue weighted by atomic mass is 16.7. The van der Waals surface area contributed by atoms with E-state index in [1.54, 1.807) is 12.5 Å². The number of carbonyl (C=O) groups is 1. The van der Waals surface area contributed by atoms with Crippen molar-refractivity contribution in [2.75, 3.05) is 0 Å². The molecule has 6 atom stereocenters. The maximum absolute atomic E-state index is 12.1. The Morgan fingerprint density at radius 1 is 1.40 bits per heavy atom. The SMILES string of the molecule is C[C@@H]1C[C@@H](O)C[C@@]2(C)[C@H](c3ccoc3)OC(=O)[C@H]3O[C@]132. The first kappa shape index (κ1) is 12.4. The van der Waals surface area contributed by atoms with E-state index in [0.29, 0.717) is 12.8 Å². The molecule has 1 aliphatic carbocycles. The second kappa shape index (κ2) is 3.65. The molecular weight excluding hydrogens is 260 g/mol. The number of hydrogen-bond donors (Lipinski definition) is 1. The Hall–Kier alpha value is -1.33. The topological polar surface area (TPSA) is 72.2 Å². The molecule has 108 valence electrons. The van der Waals surface area contributed by atoms with Gasteiger partial charge in [-0.15, -0.1) is 0 Å². The lowest BCUT2D eigenvalue weighted by molar-refractivity contribution is -0.179. The van der Waals surface area contributed by atoms with Gasteiger partial charge in [0.25, 0.3) is 0 Å². The Morgan fingerprint density at radius 3 is 2.90 bits per heavy atom. The molecule has 5 heteroatoms. The molecule has 4 rings (SSSR count). The molecule has 1 N–H and O–H groups in total. The van der Waals surface area contributed by atoms with E-state index in [4.69, 9.17) is 13.9 Å². The first-order valence-electron chi connectivity index (χ1n) is 7.07. The van der Waals surface area contributed by atoms with Gasteiger partial charge in [0.05, 0.1) is 18.6 Å². The van der Waals surface area contributed by atoms with Crippen LogP contribution in [0.2, 0.25) is 0 Å². The molecule has 3 heterocycles. The molecule has 0 radical (unpaired) electrons. The van der Waals surface area contributed by atoms with Gasteiger partial charge >= 0.3 is 5.97 Å². The Labute approximate surface area is 116 Å². The normalized spacial score (nSPS) is 50.0. The number of rotatable bonds is 1. The number of aliphatic hydroxyl groups is 1. The number of carbonyl (C=O) groups excluding carboxylic acids is 1. The minimum atomic E-state index is -0.497. The van der Waals surface area contributed by atoms with Crippen LogP contribution in [0.5, 0.6) is 0 Å². The Bertz CT molecular complexity index is 553. The lowest BCUT2D eigenvalue weighted by Crippen LogP contribution is -2.57. The molecule has 1 aromatic rings. The van der Waals surface area contributed by atoms with Crippen molar-refractivity contribution in [3.05, 3.63) is 24.2 Å². The fourth-order valence-electron chi connectivity index (χ4n) is 4.55. The van der Waals surface area contributed by atoms with Gasteiger partial charge in [-0.1, -0.05) is 13.8 Å². The van der Waals surface area contributed by atoms with Gasteiger partial charge in [-0.05, 0) is 24.8 Å². The van der Waals surface area contributed by atoms with Gasteiger partial charge in [0.1, 0.15) is 11.7 Å².